The zero-order valence-corrected chi connectivity index (χ0v) is 67.1. The first-order valence-corrected chi connectivity index (χ1v) is 40.6. The van der Waals surface area contributed by atoms with Crippen LogP contribution in [0.1, 0.15) is 102 Å². The first-order chi connectivity index (χ1) is 56.4. The molecule has 117 heavy (non-hydrogen) atoms. The van der Waals surface area contributed by atoms with Gasteiger partial charge in [-0.15, -0.1) is 12.4 Å². The van der Waals surface area contributed by atoms with E-state index in [1.807, 2.05) is 48.5 Å². The third kappa shape index (κ3) is 18.1. The lowest BCUT2D eigenvalue weighted by Gasteiger charge is -2.39. The molecule has 0 bridgehead atoms. The highest BCUT2D eigenvalue weighted by Gasteiger charge is 2.47. The predicted octanol–water partition coefficient (Wildman–Crippen LogP) is 11.7. The van der Waals surface area contributed by atoms with Crippen LogP contribution in [-0.2, 0) is 43.2 Å². The van der Waals surface area contributed by atoms with Gasteiger partial charge in [-0.25, -0.2) is 69.8 Å². The van der Waals surface area contributed by atoms with E-state index in [9.17, 15) is 23.2 Å². The van der Waals surface area contributed by atoms with Crippen LogP contribution in [0.5, 0.6) is 11.5 Å². The molecule has 0 N–H and O–H groups in total. The van der Waals surface area contributed by atoms with Gasteiger partial charge in [0.15, 0.2) is 0 Å². The molecule has 6 saturated heterocycles. The minimum Gasteiger partial charge on any atom is -0.493 e. The Morgan fingerprint density at radius 2 is 0.803 bits per heavy atom. The van der Waals surface area contributed by atoms with E-state index in [0.29, 0.717) is 104 Å². The largest absolute Gasteiger partial charge is 0.508 e. The summed E-state index contributed by atoms with van der Waals surface area (Å²) >= 11 is 0. The van der Waals surface area contributed by atoms with Crippen LogP contribution in [0.2, 0.25) is 0 Å². The molecule has 8 atom stereocenters. The molecule has 6 fully saturated rings. The van der Waals surface area contributed by atoms with Crippen molar-refractivity contribution in [2.75, 3.05) is 125 Å². The summed E-state index contributed by atoms with van der Waals surface area (Å²) in [7, 11) is 0. The van der Waals surface area contributed by atoms with Gasteiger partial charge in [0, 0.05) is 148 Å². The van der Waals surface area contributed by atoms with Crippen molar-refractivity contribution >= 4 is 41.3 Å². The molecule has 0 saturated carbocycles. The fourth-order valence-electron chi connectivity index (χ4n) is 18.1. The summed E-state index contributed by atoms with van der Waals surface area (Å²) in [6.45, 7) is 19.5. The van der Waals surface area contributed by atoms with Crippen LogP contribution < -0.4 is 40.5 Å². The number of aromatic nitrogens is 12. The van der Waals surface area contributed by atoms with Crippen LogP contribution in [0.3, 0.4) is 0 Å². The van der Waals surface area contributed by atoms with Gasteiger partial charge in [0.1, 0.15) is 96.1 Å². The molecule has 27 nitrogen and oxygen atoms in total. The summed E-state index contributed by atoms with van der Waals surface area (Å²) in [4.78, 5) is 63.8. The molecule has 32 heteroatoms. The predicted molar refractivity (Wildman–Crippen MR) is 434 cm³/mol. The van der Waals surface area contributed by atoms with E-state index in [1.165, 1.54) is 36.9 Å². The Labute approximate surface area is 682 Å². The number of piperidine rings is 2. The number of halogens is 5. The number of carbonyl (C=O) groups is 1. The Bertz CT molecular complexity index is 4720. The number of likely N-dealkylation sites (tertiary alicyclic amines) is 2. The Balaban J connectivity index is 0.0000107. The Morgan fingerprint density at radius 1 is 0.462 bits per heavy atom. The molecule has 0 radical (unpaired) electrons. The number of hydrogen-bond acceptors (Lipinski definition) is 21. The molecule has 0 aliphatic carbocycles. The van der Waals surface area contributed by atoms with Crippen molar-refractivity contribution in [3.05, 3.63) is 227 Å². The van der Waals surface area contributed by atoms with E-state index in [-0.39, 0.29) is 96.2 Å². The maximum Gasteiger partial charge on any atom is 0.508 e. The van der Waals surface area contributed by atoms with Crippen LogP contribution in [0.25, 0.3) is 11.4 Å². The van der Waals surface area contributed by atoms with Gasteiger partial charge in [-0.2, -0.15) is 20.4 Å². The molecule has 6 aromatic carbocycles. The molecule has 16 rings (SSSR count). The number of piperazine rings is 2. The molecule has 0 spiro atoms. The highest BCUT2D eigenvalue weighted by atomic mass is 35.5. The zero-order chi connectivity index (χ0) is 80.0. The summed E-state index contributed by atoms with van der Waals surface area (Å²) in [6.07, 6.45) is 12.8. The Hall–Kier alpha value is -10.6. The van der Waals surface area contributed by atoms with Gasteiger partial charge in [0.25, 0.3) is 0 Å². The molecule has 10 heterocycles. The molecular formula is C85H101ClF4N18O9. The van der Waals surface area contributed by atoms with Gasteiger partial charge < -0.3 is 48.0 Å². The van der Waals surface area contributed by atoms with E-state index >= 15 is 8.78 Å². The van der Waals surface area contributed by atoms with Gasteiger partial charge in [0.2, 0.25) is 0 Å². The number of hydrogen-bond donors (Lipinski definition) is 0. The van der Waals surface area contributed by atoms with Crippen LogP contribution in [-0.4, -0.2) is 203 Å². The maximum absolute atomic E-state index is 15.2. The monoisotopic (exact) mass is 1630 g/mol. The molecule has 6 aliphatic heterocycles. The van der Waals surface area contributed by atoms with Crippen LogP contribution >= 0.6 is 12.4 Å². The van der Waals surface area contributed by atoms with Crippen molar-refractivity contribution in [2.24, 2.45) is 11.8 Å². The topological polar surface area (TPSA) is 233 Å². The second-order valence-corrected chi connectivity index (χ2v) is 31.6. The third-order valence-electron chi connectivity index (χ3n) is 24.6. The number of nitrogens with zero attached hydrogens (tertiary/aromatic N) is 18. The number of anilines is 4. The van der Waals surface area contributed by atoms with E-state index < -0.39 is 40.6 Å². The standard InChI is InChI=1S/C85H100F4N18O9.ClH/c1-5-79(106-81(108)104(57-94-106)69-13-9-65(10-14-69)98-35-39-100(40-36-98)67-17-21-71(22-18-67)111-47-61-45-84(113-49-61,51-102-55-90-53-92-102)75-25-7-63(86)43-77(75)88)59(3)96-31-27-73(28-32-96)115-83(110)116-74-29-33-97(34-30-74)60(4)80(6-2)107-82(109)105(58-95-107)70-15-11-66(12-16-70)99-37-41-101(42-38-99)68-19-23-72(24-20-68)112-48-62-46-85(114-50-62,52-103-56-91-54-93-103)76-26-8-64(87)44-78(76)89;/h7-26,43-44,53-62,73-74,79-80H,5-6,27-42,45-52H2,1-4H3;1H/t59-,60-,61+,62+,79-,80-,84-,85-;/m0./s1. The second kappa shape index (κ2) is 36.1. The summed E-state index contributed by atoms with van der Waals surface area (Å²) in [6, 6.07) is 39.1. The first-order valence-electron chi connectivity index (χ1n) is 40.6. The third-order valence-corrected chi connectivity index (χ3v) is 24.6. The summed E-state index contributed by atoms with van der Waals surface area (Å²) in [5.41, 5.74) is 3.86. The van der Waals surface area contributed by atoms with Crippen molar-refractivity contribution in [3.8, 4) is 22.9 Å². The van der Waals surface area contributed by atoms with E-state index in [1.54, 1.807) is 53.2 Å². The zero-order valence-electron chi connectivity index (χ0n) is 66.3. The van der Waals surface area contributed by atoms with Crippen molar-refractivity contribution in [2.45, 2.75) is 140 Å². The summed E-state index contributed by atoms with van der Waals surface area (Å²) in [5, 5.41) is 17.8. The lowest BCUT2D eigenvalue weighted by atomic mass is 9.87. The van der Waals surface area contributed by atoms with Crippen LogP contribution in [0.15, 0.2) is 181 Å². The van der Waals surface area contributed by atoms with Gasteiger partial charge in [-0.1, -0.05) is 26.0 Å². The average molecular weight is 1630 g/mol. The molecular weight excluding hydrogens is 1530 g/mol. The number of carbonyl (C=O) groups excluding carboxylic acids is 1. The fourth-order valence-corrected chi connectivity index (χ4v) is 18.1. The van der Waals surface area contributed by atoms with Crippen LogP contribution in [0.4, 0.5) is 45.1 Å². The lowest BCUT2D eigenvalue weighted by molar-refractivity contribution is -0.0402. The van der Waals surface area contributed by atoms with Gasteiger partial charge in [0.05, 0.1) is 63.0 Å². The van der Waals surface area contributed by atoms with E-state index in [4.69, 9.17) is 28.4 Å². The summed E-state index contributed by atoms with van der Waals surface area (Å²) in [5.74, 6) is -1.27. The van der Waals surface area contributed by atoms with Crippen molar-refractivity contribution < 1.29 is 50.8 Å². The normalized spacial score (nSPS) is 21.6. The minimum absolute atomic E-state index is 0. The Kier molecular flexibility index (Phi) is 25.2. The highest BCUT2D eigenvalue weighted by Crippen LogP contribution is 2.44. The van der Waals surface area contributed by atoms with Crippen molar-refractivity contribution in [3.63, 3.8) is 0 Å². The van der Waals surface area contributed by atoms with Gasteiger partial charge >= 0.3 is 17.5 Å². The SMILES string of the molecule is CC[C@@H]([C@H](C)N1CCC(OC(=O)OC2CCN([C@@H](C)[C@H](CC)n3ncn(-c4ccc(N5CCN(c6ccc(OC[C@@H]7CO[C@@](Cn8cncn8)(c8ccc(F)cc8F)C7)cc6)CC5)cc4)c3=O)CC2)CC1)n1ncn(-c2ccc(N3CCN(c4ccc(OC[C@@H]5CO[C@@](Cn6cncn6)(c6ccc(F)cc6F)C5)cc4)CC3)cc2)c1=O.Cl. The van der Waals surface area contributed by atoms with Gasteiger partial charge in [-0.05, 0) is 174 Å². The van der Waals surface area contributed by atoms with Crippen LogP contribution in [0, 0.1) is 35.1 Å². The molecule has 6 aliphatic rings. The quantitative estimate of drug-likeness (QED) is 0.0327. The lowest BCUT2D eigenvalue weighted by Crippen LogP contribution is -2.48. The van der Waals surface area contributed by atoms with Crippen molar-refractivity contribution in [1.29, 1.82) is 0 Å². The van der Waals surface area contributed by atoms with E-state index in [0.717, 1.165) is 110 Å². The minimum atomic E-state index is -1.05. The van der Waals surface area contributed by atoms with E-state index in [2.05, 4.69) is 136 Å². The molecule has 10 aromatic rings. The fraction of sp³-hybridized carbons (Fsp3) is 0.471. The molecule has 4 aromatic heterocycles. The number of benzene rings is 6. The molecule has 0 unspecified atom stereocenters. The smallest absolute Gasteiger partial charge is 0.493 e. The summed E-state index contributed by atoms with van der Waals surface area (Å²) < 4.78 is 105. The van der Waals surface area contributed by atoms with Gasteiger partial charge in [-0.3, -0.25) is 9.80 Å². The Morgan fingerprint density at radius 3 is 1.13 bits per heavy atom. The second-order valence-electron chi connectivity index (χ2n) is 31.6. The molecule has 0 amide bonds. The molecule has 620 valence electrons. The average Bonchev–Trinajstić information content (AvgIpc) is 1.65. The van der Waals surface area contributed by atoms with Crippen molar-refractivity contribution in [1.82, 2.24) is 68.0 Å². The highest BCUT2D eigenvalue weighted by molar-refractivity contribution is 5.85. The first kappa shape index (κ1) is 81.5. The number of ether oxygens (including phenoxy) is 6. The maximum atomic E-state index is 15.2. The number of rotatable bonds is 28.